The molecule has 0 saturated carbocycles. The first-order valence-electron chi connectivity index (χ1n) is 8.00. The molecule has 0 radical (unpaired) electrons. The second-order valence-electron chi connectivity index (χ2n) is 6.32. The number of nitrogens with zero attached hydrogens (tertiary/aromatic N) is 2. The van der Waals surface area contributed by atoms with Gasteiger partial charge in [0.15, 0.2) is 0 Å². The molecule has 5 rings (SSSR count). The van der Waals surface area contributed by atoms with Crippen molar-refractivity contribution in [1.29, 1.82) is 0 Å². The Bertz CT molecular complexity index is 1010. The molecule has 2 aliphatic rings. The molecule has 3 aromatic rings. The largest absolute Gasteiger partial charge is 0.492 e. The number of hydrogen-bond donors (Lipinski definition) is 1. The molecule has 0 fully saturated rings. The minimum atomic E-state index is -0.959. The molecular weight excluding hydrogens is 300 g/mol. The fourth-order valence-corrected chi connectivity index (χ4v) is 3.75. The molecule has 1 N–H and O–H groups in total. The third-order valence-electron chi connectivity index (χ3n) is 5.03. The second kappa shape index (κ2) is 4.51. The summed E-state index contributed by atoms with van der Waals surface area (Å²) in [4.78, 5) is 6.52. The number of fused-ring (bicyclic) bond motifs is 4. The van der Waals surface area contributed by atoms with Gasteiger partial charge in [0.2, 0.25) is 0 Å². The molecule has 0 saturated heterocycles. The van der Waals surface area contributed by atoms with Crippen molar-refractivity contribution in [3.8, 4) is 5.75 Å². The second-order valence-corrected chi connectivity index (χ2v) is 6.32. The molecule has 118 valence electrons. The molecule has 0 amide bonds. The van der Waals surface area contributed by atoms with Crippen LogP contribution in [0.4, 0.5) is 11.4 Å². The van der Waals surface area contributed by atoms with Crippen LogP contribution in [0.3, 0.4) is 0 Å². The van der Waals surface area contributed by atoms with Gasteiger partial charge >= 0.3 is 0 Å². The number of rotatable bonds is 0. The summed E-state index contributed by atoms with van der Waals surface area (Å²) >= 11 is 0. The molecule has 3 aromatic carbocycles. The first-order chi connectivity index (χ1) is 11.7. The fraction of sp³-hybridized carbons (Fsp3) is 0.150. The van der Waals surface area contributed by atoms with Crippen LogP contribution < -0.4 is 9.64 Å². The number of anilines is 1. The highest BCUT2D eigenvalue weighted by Crippen LogP contribution is 2.47. The Morgan fingerprint density at radius 3 is 2.71 bits per heavy atom. The van der Waals surface area contributed by atoms with E-state index in [1.54, 1.807) is 0 Å². The van der Waals surface area contributed by atoms with Crippen LogP contribution in [0.25, 0.3) is 10.8 Å². The maximum atomic E-state index is 10.8. The van der Waals surface area contributed by atoms with Crippen LogP contribution >= 0.6 is 0 Å². The third kappa shape index (κ3) is 1.60. The number of ether oxygens (including phenoxy) is 1. The minimum absolute atomic E-state index is 0.00468. The highest BCUT2D eigenvalue weighted by Gasteiger charge is 2.51. The predicted octanol–water partition coefficient (Wildman–Crippen LogP) is 4.21. The van der Waals surface area contributed by atoms with E-state index in [-0.39, 0.29) is 5.90 Å². The van der Waals surface area contributed by atoms with Gasteiger partial charge in [-0.15, -0.1) is 0 Å². The summed E-state index contributed by atoms with van der Waals surface area (Å²) in [5.41, 5.74) is 1.94. The maximum absolute atomic E-state index is 10.8. The Kier molecular flexibility index (Phi) is 2.52. The van der Waals surface area contributed by atoms with Crippen LogP contribution in [0, 0.1) is 0 Å². The van der Waals surface area contributed by atoms with Crippen molar-refractivity contribution in [2.24, 2.45) is 4.99 Å². The smallest absolute Gasteiger partial charge is 0.263 e. The SMILES string of the molecule is CN1c2ccccc2CC12Oc1ccc3ccccc3c1N=C2O. The molecule has 1 spiro atoms. The molecule has 24 heavy (non-hydrogen) atoms. The lowest BCUT2D eigenvalue weighted by Crippen LogP contribution is -2.57. The van der Waals surface area contributed by atoms with E-state index in [0.717, 1.165) is 22.0 Å². The van der Waals surface area contributed by atoms with Gasteiger partial charge in [-0.25, -0.2) is 4.99 Å². The lowest BCUT2D eigenvalue weighted by atomic mass is 10.0. The minimum Gasteiger partial charge on any atom is -0.492 e. The van der Waals surface area contributed by atoms with Crippen LogP contribution in [0.2, 0.25) is 0 Å². The number of hydrogen-bond acceptors (Lipinski definition) is 3. The van der Waals surface area contributed by atoms with E-state index >= 15 is 0 Å². The monoisotopic (exact) mass is 316 g/mol. The number of aliphatic hydroxyl groups is 1. The van der Waals surface area contributed by atoms with Crippen molar-refractivity contribution in [2.75, 3.05) is 11.9 Å². The van der Waals surface area contributed by atoms with Crippen molar-refractivity contribution in [3.05, 3.63) is 66.2 Å². The molecule has 1 atom stereocenters. The molecule has 0 aromatic heterocycles. The molecule has 0 aliphatic carbocycles. The van der Waals surface area contributed by atoms with E-state index in [0.29, 0.717) is 17.9 Å². The Morgan fingerprint density at radius 2 is 1.83 bits per heavy atom. The summed E-state index contributed by atoms with van der Waals surface area (Å²) in [5, 5.41) is 12.9. The zero-order valence-corrected chi connectivity index (χ0v) is 13.2. The van der Waals surface area contributed by atoms with E-state index in [2.05, 4.69) is 11.1 Å². The normalized spacial score (nSPS) is 21.4. The van der Waals surface area contributed by atoms with Gasteiger partial charge in [0, 0.05) is 24.5 Å². The third-order valence-corrected chi connectivity index (χ3v) is 5.03. The Labute approximate surface area is 139 Å². The van der Waals surface area contributed by atoms with Crippen molar-refractivity contribution in [2.45, 2.75) is 12.1 Å². The van der Waals surface area contributed by atoms with Crippen LogP contribution in [0.5, 0.6) is 5.75 Å². The van der Waals surface area contributed by atoms with Crippen molar-refractivity contribution in [3.63, 3.8) is 0 Å². The lowest BCUT2D eigenvalue weighted by Gasteiger charge is -2.38. The summed E-state index contributed by atoms with van der Waals surface area (Å²) in [5.74, 6) is 0.705. The number of benzene rings is 3. The van der Waals surface area contributed by atoms with Gasteiger partial charge < -0.3 is 14.7 Å². The van der Waals surface area contributed by atoms with Gasteiger partial charge in [-0.05, 0) is 23.1 Å². The van der Waals surface area contributed by atoms with Crippen LogP contribution in [0.15, 0.2) is 65.7 Å². The molecule has 1 unspecified atom stereocenters. The summed E-state index contributed by atoms with van der Waals surface area (Å²) in [7, 11) is 1.93. The van der Waals surface area contributed by atoms with Crippen LogP contribution in [-0.4, -0.2) is 23.8 Å². The number of likely N-dealkylation sites (N-methyl/N-ethyl adjacent to an activating group) is 1. The maximum Gasteiger partial charge on any atom is 0.263 e. The van der Waals surface area contributed by atoms with E-state index in [9.17, 15) is 5.11 Å². The molecule has 2 heterocycles. The highest BCUT2D eigenvalue weighted by molar-refractivity contribution is 6.02. The van der Waals surface area contributed by atoms with Crippen molar-refractivity contribution in [1.82, 2.24) is 0 Å². The van der Waals surface area contributed by atoms with E-state index in [1.807, 2.05) is 66.5 Å². The van der Waals surface area contributed by atoms with Gasteiger partial charge in [-0.2, -0.15) is 0 Å². The first kappa shape index (κ1) is 13.4. The zero-order chi connectivity index (χ0) is 16.3. The summed E-state index contributed by atoms with van der Waals surface area (Å²) in [6.45, 7) is 0. The molecular formula is C20H16N2O2. The van der Waals surface area contributed by atoms with Gasteiger partial charge in [0.05, 0.1) is 0 Å². The summed E-state index contributed by atoms with van der Waals surface area (Å²) in [6.07, 6.45) is 0.571. The standard InChI is InChI=1S/C20H16N2O2/c1-22-16-9-5-3-7-14(16)12-20(22)19(23)21-18-15-8-4-2-6-13(15)10-11-17(18)24-20/h2-11H,12H2,1H3,(H,21,23). The Morgan fingerprint density at radius 1 is 1.04 bits per heavy atom. The van der Waals surface area contributed by atoms with E-state index in [1.165, 1.54) is 0 Å². The van der Waals surface area contributed by atoms with E-state index < -0.39 is 5.72 Å². The highest BCUT2D eigenvalue weighted by atomic mass is 16.5. The van der Waals surface area contributed by atoms with Gasteiger partial charge in [0.1, 0.15) is 11.4 Å². The number of aliphatic hydroxyl groups excluding tert-OH is 1. The molecule has 2 aliphatic heterocycles. The first-order valence-corrected chi connectivity index (χ1v) is 8.00. The summed E-state index contributed by atoms with van der Waals surface area (Å²) < 4.78 is 6.34. The van der Waals surface area contributed by atoms with Crippen molar-refractivity contribution >= 4 is 28.0 Å². The van der Waals surface area contributed by atoms with Gasteiger partial charge in [0.25, 0.3) is 11.6 Å². The zero-order valence-electron chi connectivity index (χ0n) is 13.2. The molecule has 4 nitrogen and oxygen atoms in total. The molecule has 0 bridgehead atoms. The number of para-hydroxylation sites is 1. The van der Waals surface area contributed by atoms with Crippen LogP contribution in [0.1, 0.15) is 5.56 Å². The Hall–Kier alpha value is -3.01. The summed E-state index contributed by atoms with van der Waals surface area (Å²) in [6, 6.07) is 20.1. The average Bonchev–Trinajstić information content (AvgIpc) is 2.89. The quantitative estimate of drug-likeness (QED) is 0.676. The van der Waals surface area contributed by atoms with Gasteiger partial charge in [-0.3, -0.25) is 0 Å². The predicted molar refractivity (Wildman–Crippen MR) is 95.6 cm³/mol. The fourth-order valence-electron chi connectivity index (χ4n) is 3.75. The lowest BCUT2D eigenvalue weighted by molar-refractivity contribution is 0.125. The van der Waals surface area contributed by atoms with Crippen LogP contribution in [-0.2, 0) is 6.42 Å². The number of aliphatic imine (C=N–C) groups is 1. The Balaban J connectivity index is 1.70. The van der Waals surface area contributed by atoms with E-state index in [4.69, 9.17) is 4.74 Å². The van der Waals surface area contributed by atoms with Gasteiger partial charge in [-0.1, -0.05) is 48.5 Å². The molecule has 4 heteroatoms. The topological polar surface area (TPSA) is 45.1 Å². The average molecular weight is 316 g/mol. The van der Waals surface area contributed by atoms with Crippen molar-refractivity contribution < 1.29 is 9.84 Å².